The Balaban J connectivity index is 2.93. The summed E-state index contributed by atoms with van der Waals surface area (Å²) >= 11 is 0. The lowest BCUT2D eigenvalue weighted by Gasteiger charge is -2.03. The Bertz CT molecular complexity index is 353. The molecule has 1 aromatic rings. The largest absolute Gasteiger partial charge is 0.466 e. The monoisotopic (exact) mass is 194 g/mol. The van der Waals surface area contributed by atoms with E-state index in [0.717, 1.165) is 17.8 Å². The molecular formula is C10H14N2O2. The van der Waals surface area contributed by atoms with Crippen molar-refractivity contribution in [1.82, 2.24) is 9.78 Å². The van der Waals surface area contributed by atoms with E-state index in [1.807, 2.05) is 24.6 Å². The molecule has 14 heavy (non-hydrogen) atoms. The highest BCUT2D eigenvalue weighted by molar-refractivity contribution is 5.90. The summed E-state index contributed by atoms with van der Waals surface area (Å²) in [7, 11) is 1.36. The number of methoxy groups -OCH3 is 1. The molecule has 0 atom stereocenters. The van der Waals surface area contributed by atoms with Gasteiger partial charge in [-0.25, -0.2) is 4.79 Å². The molecule has 1 heterocycles. The minimum absolute atomic E-state index is 0.341. The molecule has 1 rings (SSSR count). The summed E-state index contributed by atoms with van der Waals surface area (Å²) in [6.07, 6.45) is 3.18. The van der Waals surface area contributed by atoms with Gasteiger partial charge in [0.2, 0.25) is 0 Å². The molecule has 0 saturated heterocycles. The fourth-order valence-corrected chi connectivity index (χ4v) is 1.23. The molecule has 0 amide bonds. The molecular weight excluding hydrogens is 180 g/mol. The minimum Gasteiger partial charge on any atom is -0.466 e. The summed E-state index contributed by atoms with van der Waals surface area (Å²) in [5.41, 5.74) is 1.80. The first-order valence-electron chi connectivity index (χ1n) is 4.47. The summed E-state index contributed by atoms with van der Waals surface area (Å²) in [4.78, 5) is 11.0. The number of ether oxygens (including phenoxy) is 1. The van der Waals surface area contributed by atoms with E-state index in [9.17, 15) is 4.79 Å². The Labute approximate surface area is 83.2 Å². The van der Waals surface area contributed by atoms with Crippen molar-refractivity contribution >= 4 is 11.5 Å². The van der Waals surface area contributed by atoms with Crippen LogP contribution in [-0.2, 0) is 16.1 Å². The van der Waals surface area contributed by atoms with Gasteiger partial charge in [-0.15, -0.1) is 0 Å². The fraction of sp³-hybridized carbons (Fsp3) is 0.400. The van der Waals surface area contributed by atoms with Gasteiger partial charge in [0.05, 0.1) is 12.8 Å². The van der Waals surface area contributed by atoms with Gasteiger partial charge in [-0.05, 0) is 25.5 Å². The summed E-state index contributed by atoms with van der Waals surface area (Å²) in [5.74, 6) is -0.341. The van der Waals surface area contributed by atoms with Gasteiger partial charge in [0, 0.05) is 18.8 Å². The predicted molar refractivity (Wildman–Crippen MR) is 53.6 cm³/mol. The van der Waals surface area contributed by atoms with Crippen molar-refractivity contribution in [2.75, 3.05) is 7.11 Å². The van der Waals surface area contributed by atoms with Crippen molar-refractivity contribution < 1.29 is 9.53 Å². The number of carbonyl (C=O) groups is 1. The Morgan fingerprint density at radius 2 is 2.43 bits per heavy atom. The second-order valence-electron chi connectivity index (χ2n) is 2.88. The second-order valence-corrected chi connectivity index (χ2v) is 2.88. The zero-order valence-corrected chi connectivity index (χ0v) is 8.65. The molecule has 0 unspecified atom stereocenters. The third-order valence-electron chi connectivity index (χ3n) is 1.96. The van der Waals surface area contributed by atoms with Gasteiger partial charge >= 0.3 is 5.97 Å². The first-order valence-corrected chi connectivity index (χ1v) is 4.47. The van der Waals surface area contributed by atoms with Crippen LogP contribution in [0.3, 0.4) is 0 Å². The van der Waals surface area contributed by atoms with Crippen LogP contribution in [-0.4, -0.2) is 22.9 Å². The number of nitrogens with zero attached hydrogens (tertiary/aromatic N) is 2. The highest BCUT2D eigenvalue weighted by Gasteiger charge is 2.04. The molecule has 0 aliphatic carbocycles. The smallest absolute Gasteiger partial charge is 0.330 e. The molecule has 0 N–H and O–H groups in total. The standard InChI is InChI=1S/C10H14N2O2/c1-4-12-9(5-6-11-12)8(2)7-10(13)14-3/h5-7H,4H2,1-3H3/b8-7+. The molecule has 0 saturated carbocycles. The van der Waals surface area contributed by atoms with Gasteiger partial charge in [0.15, 0.2) is 0 Å². The second kappa shape index (κ2) is 4.60. The average molecular weight is 194 g/mol. The van der Waals surface area contributed by atoms with Gasteiger partial charge in [0.25, 0.3) is 0 Å². The van der Waals surface area contributed by atoms with E-state index in [2.05, 4.69) is 9.84 Å². The maximum Gasteiger partial charge on any atom is 0.330 e. The molecule has 76 valence electrons. The van der Waals surface area contributed by atoms with Crippen molar-refractivity contribution in [3.8, 4) is 0 Å². The van der Waals surface area contributed by atoms with Crippen LogP contribution in [0.4, 0.5) is 0 Å². The Hall–Kier alpha value is -1.58. The molecule has 0 aromatic carbocycles. The van der Waals surface area contributed by atoms with E-state index in [1.54, 1.807) is 6.20 Å². The number of carbonyl (C=O) groups excluding carboxylic acids is 1. The molecule has 4 heteroatoms. The van der Waals surface area contributed by atoms with Gasteiger partial charge in [-0.2, -0.15) is 5.10 Å². The van der Waals surface area contributed by atoms with Gasteiger partial charge in [0.1, 0.15) is 0 Å². The normalized spacial score (nSPS) is 11.5. The molecule has 1 aromatic heterocycles. The van der Waals surface area contributed by atoms with Gasteiger partial charge < -0.3 is 4.74 Å². The minimum atomic E-state index is -0.341. The van der Waals surface area contributed by atoms with Crippen LogP contribution in [0.1, 0.15) is 19.5 Å². The molecule has 4 nitrogen and oxygen atoms in total. The van der Waals surface area contributed by atoms with Crippen LogP contribution in [0.2, 0.25) is 0 Å². The van der Waals surface area contributed by atoms with Crippen molar-refractivity contribution in [2.45, 2.75) is 20.4 Å². The lowest BCUT2D eigenvalue weighted by atomic mass is 10.2. The molecule has 0 spiro atoms. The van der Waals surface area contributed by atoms with Crippen LogP contribution >= 0.6 is 0 Å². The molecule has 0 fully saturated rings. The summed E-state index contributed by atoms with van der Waals surface area (Å²) in [6, 6.07) is 1.87. The Kier molecular flexibility index (Phi) is 3.45. The highest BCUT2D eigenvalue weighted by atomic mass is 16.5. The van der Waals surface area contributed by atoms with E-state index in [-0.39, 0.29) is 5.97 Å². The SMILES string of the molecule is CCn1nccc1/C(C)=C/C(=O)OC. The molecule has 0 bridgehead atoms. The maximum atomic E-state index is 11.0. The van der Waals surface area contributed by atoms with Crippen LogP contribution in [0.25, 0.3) is 5.57 Å². The number of allylic oxidation sites excluding steroid dienone is 1. The molecule has 0 radical (unpaired) electrons. The highest BCUT2D eigenvalue weighted by Crippen LogP contribution is 2.12. The van der Waals surface area contributed by atoms with E-state index in [0.29, 0.717) is 0 Å². The number of esters is 1. The summed E-state index contributed by atoms with van der Waals surface area (Å²) in [6.45, 7) is 4.65. The Morgan fingerprint density at radius 3 is 3.00 bits per heavy atom. The van der Waals surface area contributed by atoms with Crippen LogP contribution in [0, 0.1) is 0 Å². The van der Waals surface area contributed by atoms with Crippen LogP contribution in [0.5, 0.6) is 0 Å². The topological polar surface area (TPSA) is 44.1 Å². The van der Waals surface area contributed by atoms with Crippen molar-refractivity contribution in [2.24, 2.45) is 0 Å². The predicted octanol–water partition coefficient (Wildman–Crippen LogP) is 1.48. The van der Waals surface area contributed by atoms with Gasteiger partial charge in [-0.1, -0.05) is 0 Å². The zero-order chi connectivity index (χ0) is 10.6. The summed E-state index contributed by atoms with van der Waals surface area (Å²) < 4.78 is 6.38. The third kappa shape index (κ3) is 2.22. The first-order chi connectivity index (χ1) is 6.69. The van der Waals surface area contributed by atoms with Crippen LogP contribution < -0.4 is 0 Å². The van der Waals surface area contributed by atoms with Crippen molar-refractivity contribution in [1.29, 1.82) is 0 Å². The number of hydrogen-bond acceptors (Lipinski definition) is 3. The average Bonchev–Trinajstić information content (AvgIpc) is 2.65. The van der Waals surface area contributed by atoms with E-state index >= 15 is 0 Å². The number of aromatic nitrogens is 2. The lowest BCUT2D eigenvalue weighted by Crippen LogP contribution is -2.02. The zero-order valence-electron chi connectivity index (χ0n) is 8.65. The van der Waals surface area contributed by atoms with E-state index in [1.165, 1.54) is 13.2 Å². The first kappa shape index (κ1) is 10.5. The summed E-state index contributed by atoms with van der Waals surface area (Å²) in [5, 5.41) is 4.11. The Morgan fingerprint density at radius 1 is 1.71 bits per heavy atom. The third-order valence-corrected chi connectivity index (χ3v) is 1.96. The van der Waals surface area contributed by atoms with Gasteiger partial charge in [-0.3, -0.25) is 4.68 Å². The molecule has 0 aliphatic heterocycles. The number of hydrogen-bond donors (Lipinski definition) is 0. The van der Waals surface area contributed by atoms with E-state index < -0.39 is 0 Å². The number of aryl methyl sites for hydroxylation is 1. The quantitative estimate of drug-likeness (QED) is 0.540. The number of rotatable bonds is 3. The van der Waals surface area contributed by atoms with Crippen molar-refractivity contribution in [3.05, 3.63) is 24.0 Å². The fourth-order valence-electron chi connectivity index (χ4n) is 1.23. The molecule has 0 aliphatic rings. The lowest BCUT2D eigenvalue weighted by molar-refractivity contribution is -0.134. The van der Waals surface area contributed by atoms with Crippen LogP contribution in [0.15, 0.2) is 18.3 Å². The van der Waals surface area contributed by atoms with E-state index in [4.69, 9.17) is 0 Å². The van der Waals surface area contributed by atoms with Crippen molar-refractivity contribution in [3.63, 3.8) is 0 Å². The maximum absolute atomic E-state index is 11.0.